The SMILES string of the molecule is Cc1cnccc1CNc1ccc(N)c(C(=O)O)c1. The van der Waals surface area contributed by atoms with E-state index in [9.17, 15) is 4.79 Å². The smallest absolute Gasteiger partial charge is 0.337 e. The molecule has 0 saturated carbocycles. The van der Waals surface area contributed by atoms with Crippen LogP contribution in [0.4, 0.5) is 11.4 Å². The Morgan fingerprint density at radius 1 is 1.42 bits per heavy atom. The number of carbonyl (C=O) groups is 1. The highest BCUT2D eigenvalue weighted by atomic mass is 16.4. The van der Waals surface area contributed by atoms with Crippen LogP contribution in [0.25, 0.3) is 0 Å². The lowest BCUT2D eigenvalue weighted by Crippen LogP contribution is -2.06. The number of pyridine rings is 1. The third-order valence-corrected chi connectivity index (χ3v) is 2.90. The zero-order valence-electron chi connectivity index (χ0n) is 10.6. The van der Waals surface area contributed by atoms with Crippen LogP contribution in [0.15, 0.2) is 36.7 Å². The summed E-state index contributed by atoms with van der Waals surface area (Å²) in [4.78, 5) is 15.0. The second kappa shape index (κ2) is 5.39. The fraction of sp³-hybridized carbons (Fsp3) is 0.143. The van der Waals surface area contributed by atoms with Crippen LogP contribution in [-0.4, -0.2) is 16.1 Å². The van der Waals surface area contributed by atoms with Crippen LogP contribution in [0, 0.1) is 6.92 Å². The first kappa shape index (κ1) is 12.9. The Labute approximate surface area is 111 Å². The number of benzene rings is 1. The largest absolute Gasteiger partial charge is 0.478 e. The molecule has 4 N–H and O–H groups in total. The number of aromatic nitrogens is 1. The summed E-state index contributed by atoms with van der Waals surface area (Å²) in [5, 5.41) is 12.2. The van der Waals surface area contributed by atoms with E-state index < -0.39 is 5.97 Å². The van der Waals surface area contributed by atoms with Crippen LogP contribution in [0.1, 0.15) is 21.5 Å². The highest BCUT2D eigenvalue weighted by Crippen LogP contribution is 2.19. The summed E-state index contributed by atoms with van der Waals surface area (Å²) in [5.74, 6) is -1.03. The molecule has 0 bridgehead atoms. The first-order valence-electron chi connectivity index (χ1n) is 5.84. The van der Waals surface area contributed by atoms with Gasteiger partial charge in [-0.2, -0.15) is 0 Å². The molecule has 0 atom stereocenters. The van der Waals surface area contributed by atoms with E-state index in [-0.39, 0.29) is 11.3 Å². The molecule has 2 aromatic rings. The normalized spacial score (nSPS) is 10.2. The minimum Gasteiger partial charge on any atom is -0.478 e. The van der Waals surface area contributed by atoms with Gasteiger partial charge in [0.05, 0.1) is 5.56 Å². The van der Waals surface area contributed by atoms with Crippen LogP contribution >= 0.6 is 0 Å². The number of aryl methyl sites for hydroxylation is 1. The molecule has 0 saturated heterocycles. The third-order valence-electron chi connectivity index (χ3n) is 2.90. The van der Waals surface area contributed by atoms with Gasteiger partial charge in [-0.3, -0.25) is 4.98 Å². The lowest BCUT2D eigenvalue weighted by Gasteiger charge is -2.10. The van der Waals surface area contributed by atoms with E-state index >= 15 is 0 Å². The van der Waals surface area contributed by atoms with E-state index in [1.54, 1.807) is 24.5 Å². The second-order valence-electron chi connectivity index (χ2n) is 4.26. The van der Waals surface area contributed by atoms with E-state index in [1.807, 2.05) is 13.0 Å². The highest BCUT2D eigenvalue weighted by Gasteiger charge is 2.08. The summed E-state index contributed by atoms with van der Waals surface area (Å²) in [6, 6.07) is 6.81. The molecule has 0 aliphatic carbocycles. The van der Waals surface area contributed by atoms with Gasteiger partial charge >= 0.3 is 5.97 Å². The molecule has 1 aromatic carbocycles. The quantitative estimate of drug-likeness (QED) is 0.731. The molecule has 19 heavy (non-hydrogen) atoms. The standard InChI is InChI=1S/C14H15N3O2/c1-9-7-16-5-4-10(9)8-17-11-2-3-13(15)12(6-11)14(18)19/h2-7,17H,8,15H2,1H3,(H,18,19). The molecule has 0 amide bonds. The topological polar surface area (TPSA) is 88.2 Å². The van der Waals surface area contributed by atoms with Gasteiger partial charge in [0.15, 0.2) is 0 Å². The van der Waals surface area contributed by atoms with Gasteiger partial charge in [-0.25, -0.2) is 4.79 Å². The Bertz CT molecular complexity index is 611. The summed E-state index contributed by atoms with van der Waals surface area (Å²) in [6.07, 6.45) is 3.53. The Balaban J connectivity index is 2.14. The Morgan fingerprint density at radius 3 is 2.89 bits per heavy atom. The number of aromatic carboxylic acids is 1. The van der Waals surface area contributed by atoms with Gasteiger partial charge in [-0.1, -0.05) is 0 Å². The fourth-order valence-corrected chi connectivity index (χ4v) is 1.75. The number of anilines is 2. The van der Waals surface area contributed by atoms with Crippen LogP contribution in [-0.2, 0) is 6.54 Å². The molecule has 0 fully saturated rings. The maximum Gasteiger partial charge on any atom is 0.337 e. The van der Waals surface area contributed by atoms with Gasteiger partial charge < -0.3 is 16.2 Å². The van der Waals surface area contributed by atoms with E-state index in [2.05, 4.69) is 10.3 Å². The van der Waals surface area contributed by atoms with E-state index in [0.717, 1.165) is 16.8 Å². The molecule has 5 heteroatoms. The van der Waals surface area contributed by atoms with Crippen LogP contribution in [0.2, 0.25) is 0 Å². The summed E-state index contributed by atoms with van der Waals surface area (Å²) in [6.45, 7) is 2.59. The molecule has 0 radical (unpaired) electrons. The van der Waals surface area contributed by atoms with Gasteiger partial charge in [0.1, 0.15) is 0 Å². The average molecular weight is 257 g/mol. The van der Waals surface area contributed by atoms with Crippen molar-refractivity contribution in [3.05, 3.63) is 53.3 Å². The first-order valence-corrected chi connectivity index (χ1v) is 5.84. The zero-order chi connectivity index (χ0) is 13.8. The van der Waals surface area contributed by atoms with Crippen LogP contribution < -0.4 is 11.1 Å². The van der Waals surface area contributed by atoms with Crippen LogP contribution in [0.5, 0.6) is 0 Å². The van der Waals surface area contributed by atoms with Crippen molar-refractivity contribution < 1.29 is 9.90 Å². The summed E-state index contributed by atoms with van der Waals surface area (Å²) in [7, 11) is 0. The van der Waals surface area contributed by atoms with Crippen molar-refractivity contribution in [3.8, 4) is 0 Å². The van der Waals surface area contributed by atoms with Crippen molar-refractivity contribution >= 4 is 17.3 Å². The summed E-state index contributed by atoms with van der Waals surface area (Å²) < 4.78 is 0. The van der Waals surface area contributed by atoms with Crippen molar-refractivity contribution in [2.45, 2.75) is 13.5 Å². The Morgan fingerprint density at radius 2 is 2.21 bits per heavy atom. The zero-order valence-corrected chi connectivity index (χ0v) is 10.6. The van der Waals surface area contributed by atoms with Gasteiger partial charge in [0, 0.05) is 30.3 Å². The monoisotopic (exact) mass is 257 g/mol. The predicted molar refractivity (Wildman–Crippen MR) is 74.1 cm³/mol. The predicted octanol–water partition coefficient (Wildman–Crippen LogP) is 2.28. The molecule has 0 aliphatic heterocycles. The van der Waals surface area contributed by atoms with Gasteiger partial charge in [-0.15, -0.1) is 0 Å². The van der Waals surface area contributed by atoms with Crippen molar-refractivity contribution in [1.29, 1.82) is 0 Å². The number of carboxylic acids is 1. The first-order chi connectivity index (χ1) is 9.08. The van der Waals surface area contributed by atoms with Crippen molar-refractivity contribution in [2.75, 3.05) is 11.1 Å². The van der Waals surface area contributed by atoms with Gasteiger partial charge in [0.25, 0.3) is 0 Å². The number of nitrogens with zero attached hydrogens (tertiary/aromatic N) is 1. The minimum atomic E-state index is -1.03. The van der Waals surface area contributed by atoms with Crippen molar-refractivity contribution in [3.63, 3.8) is 0 Å². The van der Waals surface area contributed by atoms with Crippen molar-refractivity contribution in [2.24, 2.45) is 0 Å². The fourth-order valence-electron chi connectivity index (χ4n) is 1.75. The Hall–Kier alpha value is -2.56. The van der Waals surface area contributed by atoms with Gasteiger partial charge in [0.2, 0.25) is 0 Å². The van der Waals surface area contributed by atoms with Crippen LogP contribution in [0.3, 0.4) is 0 Å². The maximum atomic E-state index is 11.0. The number of hydrogen-bond acceptors (Lipinski definition) is 4. The van der Waals surface area contributed by atoms with Crippen molar-refractivity contribution in [1.82, 2.24) is 4.98 Å². The molecule has 5 nitrogen and oxygen atoms in total. The number of rotatable bonds is 4. The number of nitrogens with two attached hydrogens (primary N) is 1. The number of hydrogen-bond donors (Lipinski definition) is 3. The maximum absolute atomic E-state index is 11.0. The molecule has 1 heterocycles. The summed E-state index contributed by atoms with van der Waals surface area (Å²) >= 11 is 0. The molecular formula is C14H15N3O2. The third kappa shape index (κ3) is 3.01. The van der Waals surface area contributed by atoms with E-state index in [0.29, 0.717) is 6.54 Å². The Kier molecular flexibility index (Phi) is 3.66. The molecule has 0 unspecified atom stereocenters. The summed E-state index contributed by atoms with van der Waals surface area (Å²) in [5.41, 5.74) is 8.90. The number of nitrogen functional groups attached to an aromatic ring is 1. The molecule has 1 aromatic heterocycles. The minimum absolute atomic E-state index is 0.108. The average Bonchev–Trinajstić information content (AvgIpc) is 2.39. The lowest BCUT2D eigenvalue weighted by molar-refractivity contribution is 0.0698. The molecule has 2 rings (SSSR count). The molecule has 98 valence electrons. The van der Waals surface area contributed by atoms with E-state index in [4.69, 9.17) is 10.8 Å². The molecule has 0 aliphatic rings. The number of nitrogens with one attached hydrogen (secondary N) is 1. The number of carboxylic acid groups (broad SMARTS) is 1. The lowest BCUT2D eigenvalue weighted by atomic mass is 10.1. The van der Waals surface area contributed by atoms with Gasteiger partial charge in [-0.05, 0) is 42.3 Å². The van der Waals surface area contributed by atoms with E-state index in [1.165, 1.54) is 6.07 Å². The highest BCUT2D eigenvalue weighted by molar-refractivity contribution is 5.94. The second-order valence-corrected chi connectivity index (χ2v) is 4.26. The molecule has 0 spiro atoms. The molecular weight excluding hydrogens is 242 g/mol.